The summed E-state index contributed by atoms with van der Waals surface area (Å²) in [4.78, 5) is 88.8. The third-order valence-corrected chi connectivity index (χ3v) is 8.50. The smallest absolute Gasteiger partial charge is 0.312 e. The predicted octanol–water partition coefficient (Wildman–Crippen LogP) is 0.645. The first-order valence-corrected chi connectivity index (χ1v) is 16.7. The second-order valence-electron chi connectivity index (χ2n) is 12.0. The number of aliphatic carboxylic acids is 1. The van der Waals surface area contributed by atoms with E-state index in [9.17, 15) is 33.6 Å². The number of likely N-dealkylation sites (tertiary alicyclic amines) is 1. The fourth-order valence-corrected chi connectivity index (χ4v) is 5.85. The number of fused-ring (bicyclic) bond motifs is 1. The number of piperidine rings is 1. The molecule has 4 atom stereocenters. The zero-order valence-electron chi connectivity index (χ0n) is 27.1. The highest BCUT2D eigenvalue weighted by Crippen LogP contribution is 2.21. The highest BCUT2D eigenvalue weighted by molar-refractivity contribution is 6.27. The number of alkyl halides is 1. The third kappa shape index (κ3) is 12.6. The fourth-order valence-electron chi connectivity index (χ4n) is 5.77. The van der Waals surface area contributed by atoms with Gasteiger partial charge in [-0.25, -0.2) is 4.79 Å². The minimum absolute atomic E-state index is 0.0119. The van der Waals surface area contributed by atoms with Crippen LogP contribution in [0.4, 0.5) is 4.79 Å². The maximum atomic E-state index is 13.9. The lowest BCUT2D eigenvalue weighted by molar-refractivity contribution is -0.144. The lowest BCUT2D eigenvalue weighted by Gasteiger charge is -2.36. The molecule has 3 unspecified atom stereocenters. The quantitative estimate of drug-likeness (QED) is 0.0857. The number of hydrogen-bond acceptors (Lipinski definition) is 7. The van der Waals surface area contributed by atoms with Gasteiger partial charge in [0.15, 0.2) is 0 Å². The van der Waals surface area contributed by atoms with Crippen molar-refractivity contribution in [2.24, 2.45) is 11.5 Å². The maximum Gasteiger partial charge on any atom is 0.312 e. The molecule has 16 heteroatoms. The Morgan fingerprint density at radius 2 is 1.65 bits per heavy atom. The molecule has 1 fully saturated rings. The summed E-state index contributed by atoms with van der Waals surface area (Å²) in [7, 11) is 0. The number of nitrogens with one attached hydrogen (secondary N) is 4. The largest absolute Gasteiger partial charge is 0.481 e. The van der Waals surface area contributed by atoms with Crippen LogP contribution in [0.3, 0.4) is 0 Å². The van der Waals surface area contributed by atoms with Crippen LogP contribution in [0.25, 0.3) is 10.8 Å². The van der Waals surface area contributed by atoms with Crippen LogP contribution in [0.5, 0.6) is 0 Å². The standard InChI is InChI=1S/C33H44ClN7O8/c34-19-27(42)38-23(12-13-29(44)45)18-28(43)41-15-4-3-9-26(41)32(48)40-25(17-20-10-11-21-6-1-2-7-22(21)16-20)31(47)39-24(30(35)46)8-5-14-37-33(36)49/h1-2,6-7,10-11,16,23-26H,3-5,8-9,12-15,17-19H2,(H2,35,46)(H,38,42)(H,39,47)(H,40,48)(H,44,45)(H3,36,37,49)/t23?,24?,25?,26-/m0/s1. The van der Waals surface area contributed by atoms with Crippen LogP contribution in [-0.4, -0.2) is 94.7 Å². The first kappa shape index (κ1) is 38.5. The van der Waals surface area contributed by atoms with E-state index in [1.54, 1.807) is 0 Å². The van der Waals surface area contributed by atoms with E-state index in [2.05, 4.69) is 21.3 Å². The van der Waals surface area contributed by atoms with Crippen molar-refractivity contribution in [1.29, 1.82) is 0 Å². The lowest BCUT2D eigenvalue weighted by atomic mass is 9.97. The van der Waals surface area contributed by atoms with Gasteiger partial charge in [-0.05, 0) is 54.9 Å². The van der Waals surface area contributed by atoms with Crippen LogP contribution in [0.2, 0.25) is 0 Å². The van der Waals surface area contributed by atoms with Gasteiger partial charge in [0.2, 0.25) is 29.5 Å². The Balaban J connectivity index is 1.81. The average Bonchev–Trinajstić information content (AvgIpc) is 3.07. The SMILES string of the molecule is NC(=O)NCCCC(NC(=O)C(Cc1ccc2ccccc2c1)NC(=O)[C@@H]1CCCCN1C(=O)CC(CCC(=O)O)NC(=O)CCl)C(N)=O. The van der Waals surface area contributed by atoms with Crippen LogP contribution in [0, 0.1) is 0 Å². The minimum atomic E-state index is -1.16. The summed E-state index contributed by atoms with van der Waals surface area (Å²) in [5.41, 5.74) is 11.4. The molecule has 3 rings (SSSR count). The number of carboxylic acids is 1. The number of carbonyl (C=O) groups is 7. The van der Waals surface area contributed by atoms with Gasteiger partial charge in [-0.2, -0.15) is 0 Å². The molecule has 2 aromatic rings. The molecule has 0 aliphatic carbocycles. The first-order chi connectivity index (χ1) is 23.4. The monoisotopic (exact) mass is 701 g/mol. The lowest BCUT2D eigenvalue weighted by Crippen LogP contribution is -2.58. The highest BCUT2D eigenvalue weighted by Gasteiger charge is 2.36. The number of primary amides is 2. The number of amides is 7. The molecule has 266 valence electrons. The number of hydrogen-bond donors (Lipinski definition) is 7. The van der Waals surface area contributed by atoms with E-state index in [-0.39, 0.29) is 57.5 Å². The normalized spacial score (nSPS) is 16.1. The third-order valence-electron chi connectivity index (χ3n) is 8.26. The van der Waals surface area contributed by atoms with Crippen LogP contribution in [0.15, 0.2) is 42.5 Å². The second-order valence-corrected chi connectivity index (χ2v) is 12.2. The van der Waals surface area contributed by atoms with Crippen LogP contribution in [-0.2, 0) is 35.2 Å². The van der Waals surface area contributed by atoms with Gasteiger partial charge in [0.05, 0.1) is 0 Å². The van der Waals surface area contributed by atoms with E-state index >= 15 is 0 Å². The van der Waals surface area contributed by atoms with Gasteiger partial charge in [-0.3, -0.25) is 28.8 Å². The van der Waals surface area contributed by atoms with Crippen LogP contribution >= 0.6 is 11.6 Å². The number of halogens is 1. The number of rotatable bonds is 18. The summed E-state index contributed by atoms with van der Waals surface area (Å²) >= 11 is 5.61. The van der Waals surface area contributed by atoms with E-state index in [1.165, 1.54) is 4.90 Å². The molecule has 0 spiro atoms. The molecule has 15 nitrogen and oxygen atoms in total. The summed E-state index contributed by atoms with van der Waals surface area (Å²) in [5.74, 6) is -4.52. The number of urea groups is 1. The van der Waals surface area contributed by atoms with Crippen molar-refractivity contribution >= 4 is 63.9 Å². The molecule has 9 N–H and O–H groups in total. The van der Waals surface area contributed by atoms with Crippen LogP contribution < -0.4 is 32.7 Å². The molecule has 0 radical (unpaired) electrons. The van der Waals surface area contributed by atoms with E-state index in [1.807, 2.05) is 42.5 Å². The topological polar surface area (TPSA) is 243 Å². The molecule has 1 saturated heterocycles. The van der Waals surface area contributed by atoms with Crippen molar-refractivity contribution in [3.05, 3.63) is 48.0 Å². The number of nitrogens with two attached hydrogens (primary N) is 2. The zero-order chi connectivity index (χ0) is 35.9. The van der Waals surface area contributed by atoms with E-state index in [4.69, 9.17) is 28.2 Å². The molecule has 1 aliphatic rings. The van der Waals surface area contributed by atoms with Crippen molar-refractivity contribution in [3.8, 4) is 0 Å². The van der Waals surface area contributed by atoms with Crippen LogP contribution in [0.1, 0.15) is 56.9 Å². The zero-order valence-corrected chi connectivity index (χ0v) is 27.9. The summed E-state index contributed by atoms with van der Waals surface area (Å²) in [6.07, 6.45) is 1.47. The van der Waals surface area contributed by atoms with Gasteiger partial charge in [0, 0.05) is 38.4 Å². The molecule has 1 heterocycles. The predicted molar refractivity (Wildman–Crippen MR) is 181 cm³/mol. The number of carbonyl (C=O) groups excluding carboxylic acids is 6. The molecule has 2 aromatic carbocycles. The molecule has 0 bridgehead atoms. The van der Waals surface area contributed by atoms with Gasteiger partial charge < -0.3 is 42.7 Å². The summed E-state index contributed by atoms with van der Waals surface area (Å²) in [6, 6.07) is 8.52. The Kier molecular flexibility index (Phi) is 15.1. The Hall–Kier alpha value is -4.92. The van der Waals surface area contributed by atoms with Crippen molar-refractivity contribution in [2.45, 2.75) is 82.0 Å². The maximum absolute atomic E-state index is 13.9. The Morgan fingerprint density at radius 3 is 2.33 bits per heavy atom. The highest BCUT2D eigenvalue weighted by atomic mass is 35.5. The van der Waals surface area contributed by atoms with Gasteiger partial charge in [0.25, 0.3) is 0 Å². The first-order valence-electron chi connectivity index (χ1n) is 16.2. The number of benzene rings is 2. The molecule has 49 heavy (non-hydrogen) atoms. The molecular formula is C33H44ClN7O8. The number of nitrogens with zero attached hydrogens (tertiary/aromatic N) is 1. The van der Waals surface area contributed by atoms with Crippen molar-refractivity contribution in [1.82, 2.24) is 26.2 Å². The van der Waals surface area contributed by atoms with Gasteiger partial charge in [-0.1, -0.05) is 42.5 Å². The van der Waals surface area contributed by atoms with E-state index in [0.717, 1.165) is 16.3 Å². The minimum Gasteiger partial charge on any atom is -0.481 e. The van der Waals surface area contributed by atoms with Gasteiger partial charge in [-0.15, -0.1) is 11.6 Å². The summed E-state index contributed by atoms with van der Waals surface area (Å²) < 4.78 is 0. The molecule has 1 aliphatic heterocycles. The summed E-state index contributed by atoms with van der Waals surface area (Å²) in [5, 5.41) is 21.4. The molecular weight excluding hydrogens is 658 g/mol. The van der Waals surface area contributed by atoms with Crippen molar-refractivity contribution in [2.75, 3.05) is 19.0 Å². The van der Waals surface area contributed by atoms with E-state index < -0.39 is 65.7 Å². The second kappa shape index (κ2) is 19.2. The van der Waals surface area contributed by atoms with Crippen molar-refractivity contribution < 1.29 is 38.7 Å². The van der Waals surface area contributed by atoms with Gasteiger partial charge >= 0.3 is 12.0 Å². The Morgan fingerprint density at radius 1 is 0.918 bits per heavy atom. The molecule has 7 amide bonds. The van der Waals surface area contributed by atoms with Gasteiger partial charge in [0.1, 0.15) is 24.0 Å². The van der Waals surface area contributed by atoms with Crippen molar-refractivity contribution in [3.63, 3.8) is 0 Å². The fraction of sp³-hybridized carbons (Fsp3) is 0.485. The number of carboxylic acid groups (broad SMARTS) is 1. The Bertz CT molecular complexity index is 1520. The molecule has 0 aromatic heterocycles. The van der Waals surface area contributed by atoms with E-state index in [0.29, 0.717) is 19.3 Å². The molecule has 0 saturated carbocycles. The average molecular weight is 702 g/mol. The summed E-state index contributed by atoms with van der Waals surface area (Å²) in [6.45, 7) is 0.404. The Labute approximate surface area is 288 Å².